The van der Waals surface area contributed by atoms with Crippen LogP contribution in [-0.4, -0.2) is 52.8 Å². The van der Waals surface area contributed by atoms with Gasteiger partial charge in [-0.05, 0) is 49.3 Å². The Kier molecular flexibility index (Phi) is 5.16. The molecule has 2 fully saturated rings. The summed E-state index contributed by atoms with van der Waals surface area (Å²) in [5.74, 6) is 0.227. The molecular weight excluding hydrogens is 350 g/mol. The maximum absolute atomic E-state index is 13.0. The van der Waals surface area contributed by atoms with E-state index in [0.717, 1.165) is 51.0 Å². The lowest BCUT2D eigenvalue weighted by atomic mass is 9.67. The van der Waals surface area contributed by atoms with E-state index in [4.69, 9.17) is 0 Å². The van der Waals surface area contributed by atoms with Crippen molar-refractivity contribution in [2.75, 3.05) is 26.2 Å². The lowest BCUT2D eigenvalue weighted by Gasteiger charge is -2.49. The number of nitrogens with zero attached hydrogens (tertiary/aromatic N) is 3. The molecule has 2 saturated heterocycles. The number of aromatic nitrogens is 1. The third-order valence-corrected chi connectivity index (χ3v) is 6.38. The van der Waals surface area contributed by atoms with Crippen molar-refractivity contribution >= 4 is 11.8 Å². The van der Waals surface area contributed by atoms with Gasteiger partial charge >= 0.3 is 0 Å². The topological polar surface area (TPSA) is 53.5 Å². The second kappa shape index (κ2) is 7.74. The Morgan fingerprint density at radius 2 is 1.89 bits per heavy atom. The molecule has 1 aromatic heterocycles. The number of piperidine rings is 2. The number of hydrogen-bond donors (Lipinski definition) is 0. The molecule has 5 nitrogen and oxygen atoms in total. The molecule has 1 aromatic carbocycles. The van der Waals surface area contributed by atoms with Crippen molar-refractivity contribution in [1.29, 1.82) is 0 Å². The molecule has 2 aliphatic rings. The second-order valence-electron chi connectivity index (χ2n) is 8.05. The first kappa shape index (κ1) is 18.7. The largest absolute Gasteiger partial charge is 0.342 e. The van der Waals surface area contributed by atoms with Crippen LogP contribution < -0.4 is 0 Å². The van der Waals surface area contributed by atoms with Crippen LogP contribution in [0, 0.1) is 5.41 Å². The van der Waals surface area contributed by atoms with Crippen molar-refractivity contribution in [3.05, 3.63) is 66.0 Å². The monoisotopic (exact) mass is 377 g/mol. The summed E-state index contributed by atoms with van der Waals surface area (Å²) in [5.41, 5.74) is 1.85. The molecule has 2 amide bonds. The van der Waals surface area contributed by atoms with Crippen LogP contribution in [0.15, 0.2) is 54.9 Å². The minimum atomic E-state index is -0.0736. The molecule has 2 aliphatic heterocycles. The molecule has 28 heavy (non-hydrogen) atoms. The Morgan fingerprint density at radius 3 is 2.54 bits per heavy atom. The van der Waals surface area contributed by atoms with Gasteiger partial charge in [0.25, 0.3) is 5.91 Å². The van der Waals surface area contributed by atoms with Crippen molar-refractivity contribution in [2.24, 2.45) is 5.41 Å². The van der Waals surface area contributed by atoms with Crippen LogP contribution in [0.25, 0.3) is 0 Å². The molecule has 146 valence electrons. The van der Waals surface area contributed by atoms with E-state index < -0.39 is 0 Å². The van der Waals surface area contributed by atoms with Crippen LogP contribution in [0.1, 0.15) is 48.0 Å². The van der Waals surface area contributed by atoms with Crippen molar-refractivity contribution in [2.45, 2.75) is 32.1 Å². The molecule has 2 aromatic rings. The van der Waals surface area contributed by atoms with Crippen LogP contribution in [0.5, 0.6) is 0 Å². The maximum Gasteiger partial charge on any atom is 0.255 e. The first-order valence-corrected chi connectivity index (χ1v) is 10.1. The molecule has 5 heteroatoms. The molecular formula is C23H27N3O2. The highest BCUT2D eigenvalue weighted by Crippen LogP contribution is 2.45. The zero-order valence-electron chi connectivity index (χ0n) is 16.4. The van der Waals surface area contributed by atoms with E-state index in [0.29, 0.717) is 5.56 Å². The smallest absolute Gasteiger partial charge is 0.255 e. The predicted molar refractivity (Wildman–Crippen MR) is 108 cm³/mol. The number of pyridine rings is 1. The van der Waals surface area contributed by atoms with E-state index in [1.807, 2.05) is 34.1 Å². The second-order valence-corrected chi connectivity index (χ2v) is 8.05. The molecule has 0 bridgehead atoms. The van der Waals surface area contributed by atoms with Gasteiger partial charge in [0.2, 0.25) is 5.91 Å². The minimum absolute atomic E-state index is 0.0572. The molecule has 0 aliphatic carbocycles. The molecule has 0 saturated carbocycles. The van der Waals surface area contributed by atoms with E-state index >= 15 is 0 Å². The number of carbonyl (C=O) groups excluding carboxylic acids is 2. The summed E-state index contributed by atoms with van der Waals surface area (Å²) >= 11 is 0. The van der Waals surface area contributed by atoms with Gasteiger partial charge < -0.3 is 9.80 Å². The highest BCUT2D eigenvalue weighted by molar-refractivity contribution is 5.94. The van der Waals surface area contributed by atoms with E-state index in [2.05, 4.69) is 24.0 Å². The van der Waals surface area contributed by atoms with Crippen LogP contribution in [0.2, 0.25) is 0 Å². The van der Waals surface area contributed by atoms with Gasteiger partial charge in [0, 0.05) is 38.6 Å². The van der Waals surface area contributed by atoms with Crippen LogP contribution >= 0.6 is 0 Å². The molecule has 0 unspecified atom stereocenters. The van der Waals surface area contributed by atoms with Crippen molar-refractivity contribution in [1.82, 2.24) is 14.8 Å². The Morgan fingerprint density at radius 1 is 1.14 bits per heavy atom. The zero-order valence-corrected chi connectivity index (χ0v) is 16.4. The van der Waals surface area contributed by atoms with E-state index in [1.54, 1.807) is 18.5 Å². The summed E-state index contributed by atoms with van der Waals surface area (Å²) in [4.78, 5) is 33.8. The third-order valence-electron chi connectivity index (χ3n) is 6.38. The number of carbonyl (C=O) groups is 2. The summed E-state index contributed by atoms with van der Waals surface area (Å²) in [5, 5.41) is 0. The standard InChI is InChI=1S/C23H27N3O2/c1-2-25-17-23(15-20(22(25)28)18-7-4-3-5-8-18)10-13-26(14-11-23)21(27)19-9-6-12-24-16-19/h3-9,12,16,20H,2,10-11,13-15,17H2,1H3/t20-/m0/s1. The van der Waals surface area contributed by atoms with Crippen molar-refractivity contribution in [3.8, 4) is 0 Å². The van der Waals surface area contributed by atoms with Crippen LogP contribution in [0.3, 0.4) is 0 Å². The Hall–Kier alpha value is -2.69. The fourth-order valence-corrected chi connectivity index (χ4v) is 4.72. The predicted octanol–water partition coefficient (Wildman–Crippen LogP) is 3.34. The van der Waals surface area contributed by atoms with Gasteiger partial charge in [0.05, 0.1) is 11.5 Å². The Bertz CT molecular complexity index is 829. The number of likely N-dealkylation sites (tertiary alicyclic amines) is 2. The molecule has 4 rings (SSSR count). The van der Waals surface area contributed by atoms with Gasteiger partial charge in [0.1, 0.15) is 0 Å². The van der Waals surface area contributed by atoms with Gasteiger partial charge in [-0.1, -0.05) is 30.3 Å². The van der Waals surface area contributed by atoms with E-state index in [9.17, 15) is 9.59 Å². The molecule has 0 radical (unpaired) electrons. The first-order valence-electron chi connectivity index (χ1n) is 10.1. The summed E-state index contributed by atoms with van der Waals surface area (Å²) < 4.78 is 0. The lowest BCUT2D eigenvalue weighted by Crippen LogP contribution is -2.54. The van der Waals surface area contributed by atoms with Gasteiger partial charge in [-0.2, -0.15) is 0 Å². The van der Waals surface area contributed by atoms with Gasteiger partial charge in [0.15, 0.2) is 0 Å². The normalized spacial score (nSPS) is 21.8. The highest BCUT2D eigenvalue weighted by Gasteiger charge is 2.46. The lowest BCUT2D eigenvalue weighted by molar-refractivity contribution is -0.141. The third kappa shape index (κ3) is 3.53. The molecule has 1 spiro atoms. The Labute approximate surface area is 166 Å². The Balaban J connectivity index is 1.50. The summed E-state index contributed by atoms with van der Waals surface area (Å²) in [7, 11) is 0. The number of likely N-dealkylation sites (N-methyl/N-ethyl adjacent to an activating group) is 1. The highest BCUT2D eigenvalue weighted by atomic mass is 16.2. The molecule has 1 atom stereocenters. The number of rotatable bonds is 3. The van der Waals surface area contributed by atoms with Gasteiger partial charge in [-0.15, -0.1) is 0 Å². The van der Waals surface area contributed by atoms with Crippen LogP contribution in [0.4, 0.5) is 0 Å². The average molecular weight is 377 g/mol. The van der Waals surface area contributed by atoms with Crippen molar-refractivity contribution in [3.63, 3.8) is 0 Å². The SMILES string of the molecule is CCN1CC2(CCN(C(=O)c3cccnc3)CC2)C[C@@H](c2ccccc2)C1=O. The first-order chi connectivity index (χ1) is 13.6. The summed E-state index contributed by atoms with van der Waals surface area (Å²) in [6.45, 7) is 5.07. The van der Waals surface area contributed by atoms with E-state index in [-0.39, 0.29) is 23.1 Å². The van der Waals surface area contributed by atoms with E-state index in [1.165, 1.54) is 0 Å². The molecule has 3 heterocycles. The summed E-state index contributed by atoms with van der Waals surface area (Å²) in [6.07, 6.45) is 6.07. The van der Waals surface area contributed by atoms with Crippen LogP contribution in [-0.2, 0) is 4.79 Å². The minimum Gasteiger partial charge on any atom is -0.342 e. The average Bonchev–Trinajstić information content (AvgIpc) is 2.76. The number of amides is 2. The van der Waals surface area contributed by atoms with Gasteiger partial charge in [-0.25, -0.2) is 0 Å². The fraction of sp³-hybridized carbons (Fsp3) is 0.435. The number of benzene rings is 1. The molecule has 0 N–H and O–H groups in total. The zero-order chi connectivity index (χ0) is 19.6. The van der Waals surface area contributed by atoms with Gasteiger partial charge in [-0.3, -0.25) is 14.6 Å². The quantitative estimate of drug-likeness (QED) is 0.824. The number of hydrogen-bond acceptors (Lipinski definition) is 3. The summed E-state index contributed by atoms with van der Waals surface area (Å²) in [6, 6.07) is 13.8. The fourth-order valence-electron chi connectivity index (χ4n) is 4.72. The maximum atomic E-state index is 13.0. The van der Waals surface area contributed by atoms with Crippen molar-refractivity contribution < 1.29 is 9.59 Å².